The van der Waals surface area contributed by atoms with Gasteiger partial charge in [-0.05, 0) is 74.0 Å². The molecule has 2 aliphatic carbocycles. The highest BCUT2D eigenvalue weighted by Gasteiger charge is 2.30. The topological polar surface area (TPSA) is 63.3 Å². The van der Waals surface area contributed by atoms with Crippen molar-refractivity contribution in [3.8, 4) is 0 Å². The summed E-state index contributed by atoms with van der Waals surface area (Å²) in [5, 5.41) is 6.89. The zero-order valence-corrected chi connectivity index (χ0v) is 16.1. The monoisotopic (exact) mass is 349 g/mol. The van der Waals surface area contributed by atoms with E-state index in [0.717, 1.165) is 6.54 Å². The van der Waals surface area contributed by atoms with Crippen molar-refractivity contribution >= 4 is 23.4 Å². The number of hydrogen-bond donors (Lipinski definition) is 2. The molecule has 0 aromatic carbocycles. The number of carbonyl (C=O) groups is 1. The molecular formula is C20H31NO2S. The van der Waals surface area contributed by atoms with Crippen LogP contribution in [0, 0.1) is 12.3 Å². The average Bonchev–Trinajstić information content (AvgIpc) is 2.73. The minimum absolute atomic E-state index is 0.250. The van der Waals surface area contributed by atoms with Crippen molar-refractivity contribution in [1.82, 2.24) is 0 Å². The Bertz CT molecular complexity index is 613. The summed E-state index contributed by atoms with van der Waals surface area (Å²) < 4.78 is 0. The van der Waals surface area contributed by atoms with E-state index in [1.165, 1.54) is 56.9 Å². The molecule has 1 heterocycles. The van der Waals surface area contributed by atoms with E-state index < -0.39 is 0 Å². The molecule has 0 unspecified atom stereocenters. The van der Waals surface area contributed by atoms with Crippen LogP contribution in [0.4, 0.5) is 0 Å². The van der Waals surface area contributed by atoms with Crippen molar-refractivity contribution in [3.63, 3.8) is 0 Å². The molecule has 1 aromatic heterocycles. The van der Waals surface area contributed by atoms with Crippen LogP contribution in [-0.2, 0) is 17.6 Å². The Labute approximate surface area is 150 Å². The molecule has 0 fully saturated rings. The Morgan fingerprint density at radius 3 is 2.54 bits per heavy atom. The van der Waals surface area contributed by atoms with E-state index >= 15 is 0 Å². The number of carboxylic acid groups (broad SMARTS) is 1. The van der Waals surface area contributed by atoms with Crippen LogP contribution in [0.15, 0.2) is 5.57 Å². The summed E-state index contributed by atoms with van der Waals surface area (Å²) in [6, 6.07) is 0. The maximum atomic E-state index is 8.36. The van der Waals surface area contributed by atoms with E-state index in [9.17, 15) is 0 Å². The summed E-state index contributed by atoms with van der Waals surface area (Å²) >= 11 is 2.08. The fourth-order valence-corrected chi connectivity index (χ4v) is 5.44. The lowest BCUT2D eigenvalue weighted by Gasteiger charge is -2.29. The Kier molecular flexibility index (Phi) is 6.64. The molecule has 3 nitrogen and oxygen atoms in total. The van der Waals surface area contributed by atoms with Gasteiger partial charge in [0.25, 0.3) is 6.47 Å². The van der Waals surface area contributed by atoms with Crippen molar-refractivity contribution in [2.45, 2.75) is 72.1 Å². The fraction of sp³-hybridized carbons (Fsp3) is 0.650. The third-order valence-corrected chi connectivity index (χ3v) is 6.85. The highest BCUT2D eigenvalue weighted by atomic mass is 32.1. The van der Waals surface area contributed by atoms with Crippen molar-refractivity contribution in [1.29, 1.82) is 0 Å². The van der Waals surface area contributed by atoms with Gasteiger partial charge in [-0.25, -0.2) is 0 Å². The van der Waals surface area contributed by atoms with Crippen LogP contribution in [0.25, 0.3) is 5.57 Å². The van der Waals surface area contributed by atoms with E-state index in [1.807, 2.05) is 0 Å². The first-order chi connectivity index (χ1) is 11.4. The number of allylic oxidation sites excluding steroid dienone is 1. The van der Waals surface area contributed by atoms with Gasteiger partial charge in [0.05, 0.1) is 0 Å². The van der Waals surface area contributed by atoms with Crippen LogP contribution in [0.3, 0.4) is 0 Å². The number of thiophene rings is 1. The van der Waals surface area contributed by atoms with Crippen molar-refractivity contribution in [2.24, 2.45) is 11.1 Å². The van der Waals surface area contributed by atoms with Crippen LogP contribution in [0.2, 0.25) is 0 Å². The number of nitrogens with two attached hydrogens (primary N) is 1. The lowest BCUT2D eigenvalue weighted by molar-refractivity contribution is -0.122. The zero-order valence-electron chi connectivity index (χ0n) is 15.3. The molecule has 0 saturated carbocycles. The molecule has 0 amide bonds. The Hall–Kier alpha value is -1.13. The number of aryl methyl sites for hydroxylation is 1. The van der Waals surface area contributed by atoms with Crippen molar-refractivity contribution in [2.75, 3.05) is 6.54 Å². The minimum Gasteiger partial charge on any atom is -0.483 e. The first-order valence-corrected chi connectivity index (χ1v) is 9.85. The molecule has 3 N–H and O–H groups in total. The molecule has 3 rings (SSSR count). The molecule has 0 aliphatic heterocycles. The van der Waals surface area contributed by atoms with Gasteiger partial charge in [-0.1, -0.05) is 25.8 Å². The lowest BCUT2D eigenvalue weighted by Crippen LogP contribution is -2.21. The summed E-state index contributed by atoms with van der Waals surface area (Å²) in [5.74, 6) is 0. The fourth-order valence-electron chi connectivity index (χ4n) is 3.99. The Morgan fingerprint density at radius 1 is 1.21 bits per heavy atom. The van der Waals surface area contributed by atoms with Crippen LogP contribution in [0.1, 0.15) is 73.3 Å². The van der Waals surface area contributed by atoms with Gasteiger partial charge in [0.15, 0.2) is 0 Å². The second-order valence-corrected chi connectivity index (χ2v) is 8.86. The first-order valence-electron chi connectivity index (χ1n) is 9.04. The van der Waals surface area contributed by atoms with Gasteiger partial charge in [0, 0.05) is 16.3 Å². The second kappa shape index (κ2) is 8.30. The highest BCUT2D eigenvalue weighted by molar-refractivity contribution is 7.13. The molecular weight excluding hydrogens is 318 g/mol. The smallest absolute Gasteiger partial charge is 0.290 e. The van der Waals surface area contributed by atoms with Crippen LogP contribution < -0.4 is 5.73 Å². The molecule has 0 atom stereocenters. The van der Waals surface area contributed by atoms with E-state index in [2.05, 4.69) is 32.1 Å². The number of fused-ring (bicyclic) bond motifs is 1. The molecule has 4 heteroatoms. The summed E-state index contributed by atoms with van der Waals surface area (Å²) in [6.07, 6.45) is 10.4. The summed E-state index contributed by atoms with van der Waals surface area (Å²) in [7, 11) is 0. The molecule has 0 saturated heterocycles. The van der Waals surface area contributed by atoms with Gasteiger partial charge >= 0.3 is 0 Å². The predicted molar refractivity (Wildman–Crippen MR) is 103 cm³/mol. The molecule has 24 heavy (non-hydrogen) atoms. The second-order valence-electron chi connectivity index (χ2n) is 7.75. The third-order valence-electron chi connectivity index (χ3n) is 5.39. The highest BCUT2D eigenvalue weighted by Crippen LogP contribution is 2.45. The maximum absolute atomic E-state index is 8.36. The van der Waals surface area contributed by atoms with Crippen molar-refractivity contribution < 1.29 is 9.90 Å². The normalized spacial score (nSPS) is 19.8. The molecule has 0 spiro atoms. The maximum Gasteiger partial charge on any atom is 0.290 e. The van der Waals surface area contributed by atoms with E-state index in [1.54, 1.807) is 26.5 Å². The lowest BCUT2D eigenvalue weighted by atomic mass is 9.76. The van der Waals surface area contributed by atoms with Crippen molar-refractivity contribution in [3.05, 3.63) is 26.5 Å². The van der Waals surface area contributed by atoms with Gasteiger partial charge in [-0.15, -0.1) is 11.3 Å². The van der Waals surface area contributed by atoms with E-state index in [-0.39, 0.29) is 6.47 Å². The van der Waals surface area contributed by atoms with Gasteiger partial charge < -0.3 is 10.8 Å². The molecule has 0 radical (unpaired) electrons. The van der Waals surface area contributed by atoms with Crippen LogP contribution in [0.5, 0.6) is 0 Å². The largest absolute Gasteiger partial charge is 0.483 e. The predicted octanol–water partition coefficient (Wildman–Crippen LogP) is 4.95. The Morgan fingerprint density at radius 2 is 1.88 bits per heavy atom. The van der Waals surface area contributed by atoms with E-state index in [4.69, 9.17) is 15.6 Å². The summed E-state index contributed by atoms with van der Waals surface area (Å²) in [4.78, 5) is 11.6. The standard InChI is InChI=1S/C19H29NS.CH2O2/c1-13-16-11-19(2,3)10-9-17(16)21-18(13)15-8-6-4-5-7-14(15)12-20;2-1-3/h4-12,20H2,1-3H3;1H,(H,2,3). The zero-order chi connectivity index (χ0) is 17.7. The molecule has 0 bridgehead atoms. The first kappa shape index (κ1) is 19.2. The third kappa shape index (κ3) is 4.28. The van der Waals surface area contributed by atoms with Gasteiger partial charge in [-0.2, -0.15) is 0 Å². The summed E-state index contributed by atoms with van der Waals surface area (Å²) in [6.45, 7) is 7.70. The van der Waals surface area contributed by atoms with Crippen LogP contribution >= 0.6 is 11.3 Å². The van der Waals surface area contributed by atoms with Gasteiger partial charge in [0.2, 0.25) is 0 Å². The summed E-state index contributed by atoms with van der Waals surface area (Å²) in [5.41, 5.74) is 12.9. The van der Waals surface area contributed by atoms with Crippen LogP contribution in [-0.4, -0.2) is 18.1 Å². The van der Waals surface area contributed by atoms with Gasteiger partial charge in [-0.3, -0.25) is 4.79 Å². The number of hydrogen-bond acceptors (Lipinski definition) is 3. The van der Waals surface area contributed by atoms with E-state index in [0.29, 0.717) is 5.41 Å². The molecule has 1 aromatic rings. The van der Waals surface area contributed by atoms with Gasteiger partial charge in [0.1, 0.15) is 0 Å². The minimum atomic E-state index is -0.250. The SMILES string of the molecule is Cc1c(C2=C(CN)CCCCC2)sc2c1CC(C)(C)CC2.O=CO. The number of rotatable bonds is 2. The molecule has 2 aliphatic rings. The average molecular weight is 350 g/mol. The molecule has 134 valence electrons. The quantitative estimate of drug-likeness (QED) is 0.743. The Balaban J connectivity index is 0.000000647.